The van der Waals surface area contributed by atoms with Gasteiger partial charge in [0.15, 0.2) is 6.61 Å². The summed E-state index contributed by atoms with van der Waals surface area (Å²) in [5, 5.41) is 0. The molecular formula is C25H29N3O3. The molecule has 0 N–H and O–H groups in total. The van der Waals surface area contributed by atoms with Crippen LogP contribution in [0.1, 0.15) is 55.2 Å². The first-order valence-electron chi connectivity index (χ1n) is 11.1. The first kappa shape index (κ1) is 21.1. The van der Waals surface area contributed by atoms with Gasteiger partial charge in [-0.1, -0.05) is 37.5 Å². The number of benzene rings is 2. The number of rotatable bonds is 6. The van der Waals surface area contributed by atoms with E-state index < -0.39 is 5.97 Å². The van der Waals surface area contributed by atoms with Crippen molar-refractivity contribution in [1.29, 1.82) is 0 Å². The van der Waals surface area contributed by atoms with Crippen LogP contribution >= 0.6 is 0 Å². The molecule has 31 heavy (non-hydrogen) atoms. The molecule has 1 amide bonds. The first-order chi connectivity index (χ1) is 15.1. The number of hydrogen-bond donors (Lipinski definition) is 0. The minimum atomic E-state index is -0.498. The van der Waals surface area contributed by atoms with Gasteiger partial charge in [0, 0.05) is 18.3 Å². The van der Waals surface area contributed by atoms with Gasteiger partial charge in [0.25, 0.3) is 5.91 Å². The van der Waals surface area contributed by atoms with E-state index in [4.69, 9.17) is 4.74 Å². The molecule has 1 saturated carbocycles. The number of carbonyl (C=O) groups is 2. The average molecular weight is 420 g/mol. The molecule has 3 aromatic rings. The topological polar surface area (TPSA) is 64.4 Å². The maximum Gasteiger partial charge on any atom is 0.338 e. The minimum absolute atomic E-state index is 0.118. The normalized spacial score (nSPS) is 14.5. The van der Waals surface area contributed by atoms with Crippen LogP contribution in [0.3, 0.4) is 0 Å². The summed E-state index contributed by atoms with van der Waals surface area (Å²) in [6, 6.07) is 15.6. The van der Waals surface area contributed by atoms with Gasteiger partial charge in [-0.15, -0.1) is 0 Å². The van der Waals surface area contributed by atoms with Crippen LogP contribution in [-0.2, 0) is 9.53 Å². The van der Waals surface area contributed by atoms with Gasteiger partial charge in [-0.05, 0) is 57.0 Å². The summed E-state index contributed by atoms with van der Waals surface area (Å²) in [4.78, 5) is 31.7. The Kier molecular flexibility index (Phi) is 6.35. The van der Waals surface area contributed by atoms with E-state index >= 15 is 0 Å². The zero-order chi connectivity index (χ0) is 21.8. The number of likely N-dealkylation sites (N-methyl/N-ethyl adjacent to an activating group) is 1. The summed E-state index contributed by atoms with van der Waals surface area (Å²) in [5.41, 5.74) is 3.06. The Bertz CT molecular complexity index is 1070. The van der Waals surface area contributed by atoms with Crippen LogP contribution in [0, 0.1) is 6.92 Å². The molecule has 162 valence electrons. The van der Waals surface area contributed by atoms with E-state index in [0.717, 1.165) is 48.2 Å². The lowest BCUT2D eigenvalue weighted by atomic mass is 9.94. The number of amides is 1. The summed E-state index contributed by atoms with van der Waals surface area (Å²) in [6.45, 7) is 4.34. The highest BCUT2D eigenvalue weighted by Crippen LogP contribution is 2.24. The maximum atomic E-state index is 12.7. The summed E-state index contributed by atoms with van der Waals surface area (Å²) >= 11 is 0. The molecule has 6 heteroatoms. The third-order valence-electron chi connectivity index (χ3n) is 6.08. The lowest BCUT2D eigenvalue weighted by Crippen LogP contribution is -2.43. The van der Waals surface area contributed by atoms with E-state index in [9.17, 15) is 9.59 Å². The van der Waals surface area contributed by atoms with Crippen molar-refractivity contribution < 1.29 is 14.3 Å². The predicted octanol–water partition coefficient (Wildman–Crippen LogP) is 4.67. The standard InChI is InChI=1S/C25H29N3O3/c1-3-27(20-10-6-4-7-11-20)24(29)17-31-25(30)19-14-15-23-22(16-19)26-18(2)28(23)21-12-8-5-9-13-21/h5,8-9,12-16,20H,3-4,6-7,10-11,17H2,1-2H3. The van der Waals surface area contributed by atoms with Crippen molar-refractivity contribution in [2.75, 3.05) is 13.2 Å². The second kappa shape index (κ2) is 9.33. The molecule has 2 aromatic carbocycles. The van der Waals surface area contributed by atoms with Crippen LogP contribution in [0.2, 0.25) is 0 Å². The Morgan fingerprint density at radius 1 is 1.10 bits per heavy atom. The van der Waals surface area contributed by atoms with E-state index in [2.05, 4.69) is 9.55 Å². The third kappa shape index (κ3) is 4.48. The number of esters is 1. The molecule has 1 aliphatic carbocycles. The minimum Gasteiger partial charge on any atom is -0.452 e. The van der Waals surface area contributed by atoms with E-state index in [-0.39, 0.29) is 18.6 Å². The monoisotopic (exact) mass is 419 g/mol. The van der Waals surface area contributed by atoms with E-state index in [1.165, 1.54) is 6.42 Å². The fraction of sp³-hybridized carbons (Fsp3) is 0.400. The number of aromatic nitrogens is 2. The van der Waals surface area contributed by atoms with Crippen LogP contribution in [0.4, 0.5) is 0 Å². The molecule has 0 bridgehead atoms. The predicted molar refractivity (Wildman–Crippen MR) is 120 cm³/mol. The third-order valence-corrected chi connectivity index (χ3v) is 6.08. The number of para-hydroxylation sites is 1. The van der Waals surface area contributed by atoms with Crippen molar-refractivity contribution in [3.63, 3.8) is 0 Å². The van der Waals surface area contributed by atoms with Gasteiger partial charge in [-0.25, -0.2) is 9.78 Å². The van der Waals surface area contributed by atoms with Gasteiger partial charge in [0.2, 0.25) is 0 Å². The van der Waals surface area contributed by atoms with Crippen LogP contribution < -0.4 is 0 Å². The Balaban J connectivity index is 1.46. The molecule has 4 rings (SSSR count). The summed E-state index contributed by atoms with van der Waals surface area (Å²) < 4.78 is 7.42. The molecular weight excluding hydrogens is 390 g/mol. The largest absolute Gasteiger partial charge is 0.452 e. The molecule has 1 fully saturated rings. The smallest absolute Gasteiger partial charge is 0.338 e. The fourth-order valence-electron chi connectivity index (χ4n) is 4.56. The van der Waals surface area contributed by atoms with Crippen molar-refractivity contribution in [2.24, 2.45) is 0 Å². The van der Waals surface area contributed by atoms with Crippen molar-refractivity contribution in [1.82, 2.24) is 14.5 Å². The highest BCUT2D eigenvalue weighted by atomic mass is 16.5. The van der Waals surface area contributed by atoms with Gasteiger partial charge >= 0.3 is 5.97 Å². The highest BCUT2D eigenvalue weighted by Gasteiger charge is 2.25. The lowest BCUT2D eigenvalue weighted by molar-refractivity contribution is -0.137. The first-order valence-corrected chi connectivity index (χ1v) is 11.1. The second-order valence-corrected chi connectivity index (χ2v) is 8.08. The van der Waals surface area contributed by atoms with Gasteiger partial charge in [0.1, 0.15) is 5.82 Å². The summed E-state index contributed by atoms with van der Waals surface area (Å²) in [7, 11) is 0. The van der Waals surface area contributed by atoms with Crippen LogP contribution in [0.15, 0.2) is 48.5 Å². The van der Waals surface area contributed by atoms with Crippen molar-refractivity contribution in [3.8, 4) is 5.69 Å². The molecule has 1 aliphatic rings. The molecule has 1 aromatic heterocycles. The number of ether oxygens (including phenoxy) is 1. The maximum absolute atomic E-state index is 12.7. The molecule has 0 atom stereocenters. The Labute approximate surface area is 182 Å². The molecule has 0 radical (unpaired) electrons. The Hall–Kier alpha value is -3.15. The fourth-order valence-corrected chi connectivity index (χ4v) is 4.56. The summed E-state index contributed by atoms with van der Waals surface area (Å²) in [5.74, 6) is 0.225. The van der Waals surface area contributed by atoms with Crippen LogP contribution in [0.25, 0.3) is 16.7 Å². The average Bonchev–Trinajstić information content (AvgIpc) is 3.14. The van der Waals surface area contributed by atoms with Gasteiger partial charge < -0.3 is 9.64 Å². The van der Waals surface area contributed by atoms with E-state index in [1.54, 1.807) is 12.1 Å². The Morgan fingerprint density at radius 3 is 2.55 bits per heavy atom. The zero-order valence-electron chi connectivity index (χ0n) is 18.2. The molecule has 6 nitrogen and oxygen atoms in total. The molecule has 0 unspecified atom stereocenters. The lowest BCUT2D eigenvalue weighted by Gasteiger charge is -2.33. The number of nitrogens with zero attached hydrogens (tertiary/aromatic N) is 3. The van der Waals surface area contributed by atoms with Crippen LogP contribution in [-0.4, -0.2) is 45.5 Å². The second-order valence-electron chi connectivity index (χ2n) is 8.08. The quantitative estimate of drug-likeness (QED) is 0.545. The molecule has 0 saturated heterocycles. The van der Waals surface area contributed by atoms with E-state index in [0.29, 0.717) is 12.1 Å². The number of aryl methyl sites for hydroxylation is 1. The molecule has 1 heterocycles. The number of fused-ring (bicyclic) bond motifs is 1. The van der Waals surface area contributed by atoms with Gasteiger partial charge in [-0.3, -0.25) is 9.36 Å². The summed E-state index contributed by atoms with van der Waals surface area (Å²) in [6.07, 6.45) is 5.62. The van der Waals surface area contributed by atoms with Gasteiger partial charge in [0.05, 0.1) is 16.6 Å². The molecule has 0 spiro atoms. The molecule has 0 aliphatic heterocycles. The van der Waals surface area contributed by atoms with Crippen molar-refractivity contribution >= 4 is 22.9 Å². The number of carbonyl (C=O) groups excluding carboxylic acids is 2. The van der Waals surface area contributed by atoms with E-state index in [1.807, 2.05) is 55.1 Å². The van der Waals surface area contributed by atoms with Crippen molar-refractivity contribution in [3.05, 3.63) is 59.9 Å². The van der Waals surface area contributed by atoms with Gasteiger partial charge in [-0.2, -0.15) is 0 Å². The zero-order valence-corrected chi connectivity index (χ0v) is 18.2. The Morgan fingerprint density at radius 2 is 1.84 bits per heavy atom. The number of imidazole rings is 1. The van der Waals surface area contributed by atoms with Crippen LogP contribution in [0.5, 0.6) is 0 Å². The van der Waals surface area contributed by atoms with Crippen molar-refractivity contribution in [2.45, 2.75) is 52.0 Å². The SMILES string of the molecule is CCN(C(=O)COC(=O)c1ccc2c(c1)nc(C)n2-c1ccccc1)C1CCCCC1. The highest BCUT2D eigenvalue weighted by molar-refractivity contribution is 5.95. The number of hydrogen-bond acceptors (Lipinski definition) is 4.